The van der Waals surface area contributed by atoms with Crippen LogP contribution in [-0.4, -0.2) is 26.5 Å². The summed E-state index contributed by atoms with van der Waals surface area (Å²) in [7, 11) is 0. The third kappa shape index (κ3) is 4.65. The monoisotopic (exact) mass is 528 g/mol. The Labute approximate surface area is 201 Å². The topological polar surface area (TPSA) is 105 Å². The van der Waals surface area contributed by atoms with E-state index in [-0.39, 0.29) is 19.1 Å². The Morgan fingerprint density at radius 2 is 2.00 bits per heavy atom. The molecule has 9 nitrogen and oxygen atoms in total. The minimum atomic E-state index is -0.409. The van der Waals surface area contributed by atoms with Gasteiger partial charge in [0, 0.05) is 29.0 Å². The number of rotatable bonds is 7. The molecule has 2 aromatic carbocycles. The molecule has 0 saturated carbocycles. The van der Waals surface area contributed by atoms with Gasteiger partial charge in [-0.15, -0.1) is 10.2 Å². The Balaban J connectivity index is 1.48. The van der Waals surface area contributed by atoms with Crippen LogP contribution < -0.4 is 4.74 Å². The minimum absolute atomic E-state index is 0.00493. The van der Waals surface area contributed by atoms with Crippen LogP contribution in [0.1, 0.15) is 16.7 Å². The van der Waals surface area contributed by atoms with E-state index in [1.165, 1.54) is 17.8 Å². The first kappa shape index (κ1) is 21.7. The smallest absolute Gasteiger partial charge is 0.270 e. The third-order valence-corrected chi connectivity index (χ3v) is 6.48. The largest absolute Gasteiger partial charge is 0.467 e. The van der Waals surface area contributed by atoms with Crippen molar-refractivity contribution in [1.29, 1.82) is 0 Å². The van der Waals surface area contributed by atoms with E-state index >= 15 is 0 Å². The summed E-state index contributed by atoms with van der Waals surface area (Å²) in [5.74, 6) is 2.23. The number of nitro benzene ring substituents is 1. The highest BCUT2D eigenvalue weighted by molar-refractivity contribution is 9.10. The molecular weight excluding hydrogens is 512 g/mol. The highest BCUT2D eigenvalue weighted by atomic mass is 79.9. The molecule has 3 heterocycles. The van der Waals surface area contributed by atoms with Gasteiger partial charge in [-0.3, -0.25) is 14.7 Å². The molecule has 1 aliphatic heterocycles. The Kier molecular flexibility index (Phi) is 6.16. The van der Waals surface area contributed by atoms with Crippen LogP contribution in [0.5, 0.6) is 5.75 Å². The molecule has 0 amide bonds. The molecule has 0 unspecified atom stereocenters. The zero-order valence-electron chi connectivity index (χ0n) is 17.1. The second kappa shape index (κ2) is 9.38. The molecule has 11 heteroatoms. The van der Waals surface area contributed by atoms with Crippen LogP contribution in [0.4, 0.5) is 5.69 Å². The average Bonchev–Trinajstić information content (AvgIpc) is 3.43. The van der Waals surface area contributed by atoms with Crippen molar-refractivity contribution in [2.45, 2.75) is 24.1 Å². The Morgan fingerprint density at radius 3 is 2.76 bits per heavy atom. The predicted molar refractivity (Wildman–Crippen MR) is 124 cm³/mol. The second-order valence-corrected chi connectivity index (χ2v) is 8.96. The summed E-state index contributed by atoms with van der Waals surface area (Å²) >= 11 is 4.76. The number of ether oxygens (including phenoxy) is 2. The molecule has 5 rings (SSSR count). The molecule has 0 spiro atoms. The SMILES string of the molecule is O=[N+]([O-])c1cc2c(c(CSc3nnc(-c4ccc(Br)o4)n3Cc3ccccc3)c1)OCOC2. The van der Waals surface area contributed by atoms with E-state index in [1.54, 1.807) is 12.1 Å². The van der Waals surface area contributed by atoms with Crippen LogP contribution in [-0.2, 0) is 23.6 Å². The highest BCUT2D eigenvalue weighted by Crippen LogP contribution is 2.37. The van der Waals surface area contributed by atoms with Crippen LogP contribution in [0.3, 0.4) is 0 Å². The summed E-state index contributed by atoms with van der Waals surface area (Å²) in [6, 6.07) is 16.6. The van der Waals surface area contributed by atoms with Crippen molar-refractivity contribution in [1.82, 2.24) is 14.8 Å². The average molecular weight is 529 g/mol. The van der Waals surface area contributed by atoms with Gasteiger partial charge in [-0.2, -0.15) is 0 Å². The Hall–Kier alpha value is -3.15. The quantitative estimate of drug-likeness (QED) is 0.178. The fraction of sp³-hybridized carbons (Fsp3) is 0.182. The highest BCUT2D eigenvalue weighted by Gasteiger charge is 2.23. The number of thioether (sulfide) groups is 1. The standard InChI is InChI=1S/C22H17BrN4O5S/c23-19-7-6-18(32-19)21-24-25-22(26(21)10-14-4-2-1-3-5-14)33-12-16-9-17(27(28)29)8-15-11-30-13-31-20(15)16/h1-9H,10-13H2. The van der Waals surface area contributed by atoms with Gasteiger partial charge < -0.3 is 13.9 Å². The lowest BCUT2D eigenvalue weighted by atomic mass is 10.1. The van der Waals surface area contributed by atoms with E-state index in [0.717, 1.165) is 5.56 Å². The fourth-order valence-electron chi connectivity index (χ4n) is 3.56. The molecule has 0 fully saturated rings. The number of benzene rings is 2. The van der Waals surface area contributed by atoms with Gasteiger partial charge in [0.1, 0.15) is 5.75 Å². The molecule has 0 aliphatic carbocycles. The molecule has 1 aliphatic rings. The Bertz CT molecular complexity index is 1310. The van der Waals surface area contributed by atoms with Gasteiger partial charge in [0.05, 0.1) is 18.1 Å². The minimum Gasteiger partial charge on any atom is -0.467 e. The molecule has 0 N–H and O–H groups in total. The summed E-state index contributed by atoms with van der Waals surface area (Å²) in [5, 5.41) is 20.8. The summed E-state index contributed by atoms with van der Waals surface area (Å²) in [6.45, 7) is 0.932. The maximum absolute atomic E-state index is 11.4. The number of nitrogens with zero attached hydrogens (tertiary/aromatic N) is 4. The lowest BCUT2D eigenvalue weighted by Gasteiger charge is -2.20. The van der Waals surface area contributed by atoms with Crippen molar-refractivity contribution in [3.8, 4) is 17.3 Å². The van der Waals surface area contributed by atoms with Gasteiger partial charge in [0.15, 0.2) is 22.4 Å². The second-order valence-electron chi connectivity index (χ2n) is 7.23. The summed E-state index contributed by atoms with van der Waals surface area (Å²) in [6.07, 6.45) is 0. The number of halogens is 1. The molecule has 0 atom stereocenters. The molecule has 4 aromatic rings. The molecule has 168 valence electrons. The maximum Gasteiger partial charge on any atom is 0.270 e. The lowest BCUT2D eigenvalue weighted by molar-refractivity contribution is -0.385. The van der Waals surface area contributed by atoms with Crippen molar-refractivity contribution in [3.05, 3.63) is 86.1 Å². The summed E-state index contributed by atoms with van der Waals surface area (Å²) in [4.78, 5) is 11.0. The molecule has 0 saturated heterocycles. The van der Waals surface area contributed by atoms with Gasteiger partial charge in [-0.1, -0.05) is 42.1 Å². The summed E-state index contributed by atoms with van der Waals surface area (Å²) in [5.41, 5.74) is 2.46. The summed E-state index contributed by atoms with van der Waals surface area (Å²) < 4.78 is 19.2. The zero-order valence-corrected chi connectivity index (χ0v) is 19.5. The van der Waals surface area contributed by atoms with E-state index in [2.05, 4.69) is 26.1 Å². The van der Waals surface area contributed by atoms with Gasteiger partial charge in [0.2, 0.25) is 5.82 Å². The van der Waals surface area contributed by atoms with E-state index in [1.807, 2.05) is 41.0 Å². The molecule has 2 aromatic heterocycles. The van der Waals surface area contributed by atoms with Crippen molar-refractivity contribution in [2.24, 2.45) is 0 Å². The number of non-ortho nitro benzene ring substituents is 1. The zero-order chi connectivity index (χ0) is 22.8. The van der Waals surface area contributed by atoms with Gasteiger partial charge in [0.25, 0.3) is 5.69 Å². The van der Waals surface area contributed by atoms with Gasteiger partial charge >= 0.3 is 0 Å². The van der Waals surface area contributed by atoms with Crippen LogP contribution in [0.25, 0.3) is 11.6 Å². The lowest BCUT2D eigenvalue weighted by Crippen LogP contribution is -2.13. The molecule has 0 bridgehead atoms. The number of furan rings is 1. The van der Waals surface area contributed by atoms with Crippen LogP contribution in [0, 0.1) is 10.1 Å². The molecular formula is C22H17BrN4O5S. The number of aromatic nitrogens is 3. The number of nitro groups is 1. The van der Waals surface area contributed by atoms with Crippen LogP contribution >= 0.6 is 27.7 Å². The fourth-order valence-corrected chi connectivity index (χ4v) is 4.77. The van der Waals surface area contributed by atoms with E-state index in [9.17, 15) is 10.1 Å². The van der Waals surface area contributed by atoms with Crippen LogP contribution in [0.2, 0.25) is 0 Å². The predicted octanol–water partition coefficient (Wildman–Crippen LogP) is 5.42. The van der Waals surface area contributed by atoms with E-state index in [4.69, 9.17) is 13.9 Å². The van der Waals surface area contributed by atoms with Crippen molar-refractivity contribution in [3.63, 3.8) is 0 Å². The van der Waals surface area contributed by atoms with E-state index in [0.29, 0.717) is 50.6 Å². The van der Waals surface area contributed by atoms with Crippen molar-refractivity contribution in [2.75, 3.05) is 6.79 Å². The normalized spacial score (nSPS) is 12.9. The number of hydrogen-bond donors (Lipinski definition) is 0. The van der Waals surface area contributed by atoms with Crippen molar-refractivity contribution < 1.29 is 18.8 Å². The first-order chi connectivity index (χ1) is 16.1. The number of hydrogen-bond acceptors (Lipinski definition) is 8. The van der Waals surface area contributed by atoms with Crippen molar-refractivity contribution >= 4 is 33.4 Å². The first-order valence-corrected chi connectivity index (χ1v) is 11.7. The van der Waals surface area contributed by atoms with Gasteiger partial charge in [-0.25, -0.2) is 0 Å². The first-order valence-electron chi connectivity index (χ1n) is 9.95. The maximum atomic E-state index is 11.4. The number of fused-ring (bicyclic) bond motifs is 1. The van der Waals surface area contributed by atoms with E-state index < -0.39 is 4.92 Å². The Morgan fingerprint density at radius 1 is 1.15 bits per heavy atom. The van der Waals surface area contributed by atoms with Gasteiger partial charge in [-0.05, 0) is 33.6 Å². The molecule has 0 radical (unpaired) electrons. The molecule has 33 heavy (non-hydrogen) atoms. The van der Waals surface area contributed by atoms with Crippen LogP contribution in [0.15, 0.2) is 68.8 Å². The third-order valence-electron chi connectivity index (χ3n) is 5.03.